The molecule has 0 heterocycles. The van der Waals surface area contributed by atoms with Gasteiger partial charge in [0.15, 0.2) is 0 Å². The first kappa shape index (κ1) is 52.2. The quantitative estimate of drug-likeness (QED) is 0.233. The molecule has 3 N–H and O–H groups in total. The number of hydrogen-bond donors (Lipinski definition) is 3. The third kappa shape index (κ3) is 22.1. The molecule has 2 aromatic carbocycles. The number of ketones is 1. The molecule has 4 rings (SSSR count). The van der Waals surface area contributed by atoms with Crippen molar-refractivity contribution in [2.75, 3.05) is 6.54 Å². The summed E-state index contributed by atoms with van der Waals surface area (Å²) in [5.74, 6) is 1.89. The summed E-state index contributed by atoms with van der Waals surface area (Å²) in [6, 6.07) is 15.7. The van der Waals surface area contributed by atoms with Gasteiger partial charge in [0.1, 0.15) is 5.78 Å². The largest absolute Gasteiger partial charge is 0.313 e. The molecule has 0 radical (unpaired) electrons. The Morgan fingerprint density at radius 2 is 1.42 bits per heavy atom. The molecule has 2 saturated carbocycles. The second kappa shape index (κ2) is 34.3. The third-order valence-corrected chi connectivity index (χ3v) is 7.84. The Morgan fingerprint density at radius 3 is 1.79 bits per heavy atom. The van der Waals surface area contributed by atoms with Crippen LogP contribution < -0.4 is 5.32 Å². The molecule has 48 heavy (non-hydrogen) atoms. The lowest BCUT2D eigenvalue weighted by Gasteiger charge is -2.47. The van der Waals surface area contributed by atoms with Crippen molar-refractivity contribution in [1.82, 2.24) is 5.32 Å². The molecule has 2 fully saturated rings. The zero-order valence-electron chi connectivity index (χ0n) is 34.8. The van der Waals surface area contributed by atoms with E-state index in [4.69, 9.17) is 10.8 Å². The molecular formula is C44H81N3O. The lowest BCUT2D eigenvalue weighted by Crippen LogP contribution is -2.45. The van der Waals surface area contributed by atoms with Crippen LogP contribution in [0, 0.1) is 29.6 Å². The summed E-state index contributed by atoms with van der Waals surface area (Å²) >= 11 is 0. The average Bonchev–Trinajstić information content (AvgIpc) is 3.05. The number of carbonyl (C=O) groups excluding carboxylic acids is 1. The molecule has 0 atom stereocenters. The smallest absolute Gasteiger partial charge is 0.126 e. The third-order valence-electron chi connectivity index (χ3n) is 7.84. The van der Waals surface area contributed by atoms with Gasteiger partial charge in [-0.3, -0.25) is 0 Å². The number of aryl methyl sites for hydroxylation is 3. The molecular weight excluding hydrogens is 587 g/mol. The van der Waals surface area contributed by atoms with Crippen molar-refractivity contribution in [2.45, 2.75) is 174 Å². The van der Waals surface area contributed by atoms with E-state index in [2.05, 4.69) is 75.5 Å². The van der Waals surface area contributed by atoms with Gasteiger partial charge in [-0.25, -0.2) is 0 Å². The molecule has 0 unspecified atom stereocenters. The second-order valence-electron chi connectivity index (χ2n) is 11.9. The Labute approximate surface area is 300 Å². The van der Waals surface area contributed by atoms with Gasteiger partial charge < -0.3 is 20.9 Å². The van der Waals surface area contributed by atoms with Crippen molar-refractivity contribution in [3.63, 3.8) is 0 Å². The van der Waals surface area contributed by atoms with Crippen LogP contribution in [-0.4, -0.2) is 24.3 Å². The van der Waals surface area contributed by atoms with E-state index in [-0.39, 0.29) is 11.2 Å². The number of benzene rings is 2. The Kier molecular flexibility index (Phi) is 37.3. The minimum atomic E-state index is 0.0609. The summed E-state index contributed by atoms with van der Waals surface area (Å²) < 4.78 is 0. The van der Waals surface area contributed by atoms with E-state index >= 15 is 0 Å². The molecule has 2 aromatic rings. The normalized spacial score (nSPS) is 16.5. The van der Waals surface area contributed by atoms with Crippen LogP contribution in [0.5, 0.6) is 0 Å². The number of nitrogens with one attached hydrogen (secondary N) is 3. The van der Waals surface area contributed by atoms with Gasteiger partial charge in [0.2, 0.25) is 0 Å². The molecule has 0 amide bonds. The fraction of sp³-hybridized carbons (Fsp3) is 0.659. The molecule has 278 valence electrons. The topological polar surface area (TPSA) is 76.8 Å². The number of carbonyl (C=O) groups is 1. The summed E-state index contributed by atoms with van der Waals surface area (Å²) in [5, 5.41) is 17.7. The van der Waals surface area contributed by atoms with E-state index in [1.165, 1.54) is 81.0 Å². The first-order chi connectivity index (χ1) is 23.0. The SMILES string of the molecule is CC.CC.CC.CC.CC(=N)C1(c2cccc(C)c2)CC(C)C1.CC(C)=O.CC=N.CCCc1cc(CNCC2CCC2)ccc1CC. The van der Waals surface area contributed by atoms with Crippen molar-refractivity contribution >= 4 is 17.7 Å². The maximum Gasteiger partial charge on any atom is 0.126 e. The van der Waals surface area contributed by atoms with E-state index in [0.29, 0.717) is 0 Å². The standard InChI is InChI=1S/C17H27N.C14H19N.C3H6O.C2H5N.4C2H6/c1-3-6-17-11-15(9-10-16(17)4-2)13-18-12-14-7-5-8-14;1-10-5-4-6-13(7-10)14(12(3)15)8-11(2)9-14;1-3(2)4;1-2-3;4*1-2/h9-11,14,18H,3-8,12-13H2,1-2H3;4-7,11,15H,8-9H2,1-3H3;1-2H3;2-3H,1H3;4*1-2H3. The Hall–Kier alpha value is -2.59. The number of Topliss-reactive ketones (excluding diaryl/α,β-unsaturated/α-hetero) is 1. The monoisotopic (exact) mass is 668 g/mol. The van der Waals surface area contributed by atoms with Crippen LogP contribution in [0.4, 0.5) is 0 Å². The van der Waals surface area contributed by atoms with Crippen molar-refractivity contribution < 1.29 is 4.79 Å². The highest BCUT2D eigenvalue weighted by atomic mass is 16.1. The lowest BCUT2D eigenvalue weighted by atomic mass is 9.57. The Balaban J connectivity index is -0.000000290. The summed E-state index contributed by atoms with van der Waals surface area (Å²) in [5.41, 5.74) is 8.07. The van der Waals surface area contributed by atoms with Gasteiger partial charge >= 0.3 is 0 Å². The summed E-state index contributed by atoms with van der Waals surface area (Å²) in [6.07, 6.45) is 11.5. The molecule has 4 nitrogen and oxygen atoms in total. The van der Waals surface area contributed by atoms with Crippen molar-refractivity contribution in [1.29, 1.82) is 10.8 Å². The number of hydrogen-bond acceptors (Lipinski definition) is 4. The van der Waals surface area contributed by atoms with Crippen LogP contribution in [0.1, 0.15) is 170 Å². The highest BCUT2D eigenvalue weighted by Gasteiger charge is 2.45. The fourth-order valence-corrected chi connectivity index (χ4v) is 5.58. The Bertz CT molecular complexity index is 1040. The minimum Gasteiger partial charge on any atom is -0.313 e. The molecule has 2 aliphatic rings. The maximum absolute atomic E-state index is 9.44. The van der Waals surface area contributed by atoms with Crippen molar-refractivity contribution in [3.8, 4) is 0 Å². The molecule has 0 aromatic heterocycles. The minimum absolute atomic E-state index is 0.0609. The van der Waals surface area contributed by atoms with Gasteiger partial charge in [-0.15, -0.1) is 0 Å². The second-order valence-corrected chi connectivity index (χ2v) is 11.9. The van der Waals surface area contributed by atoms with Crippen LogP contribution in [0.25, 0.3) is 0 Å². The van der Waals surface area contributed by atoms with Crippen LogP contribution in [0.2, 0.25) is 0 Å². The van der Waals surface area contributed by atoms with Crippen molar-refractivity contribution in [2.24, 2.45) is 11.8 Å². The zero-order valence-corrected chi connectivity index (χ0v) is 34.8. The zero-order chi connectivity index (χ0) is 38.1. The van der Waals surface area contributed by atoms with Gasteiger partial charge in [0, 0.05) is 17.7 Å². The summed E-state index contributed by atoms with van der Waals surface area (Å²) in [6.45, 7) is 33.8. The van der Waals surface area contributed by atoms with Crippen LogP contribution in [-0.2, 0) is 29.6 Å². The highest BCUT2D eigenvalue weighted by Crippen LogP contribution is 2.48. The number of rotatable bonds is 9. The first-order valence-corrected chi connectivity index (χ1v) is 19.4. The van der Waals surface area contributed by atoms with E-state index < -0.39 is 0 Å². The highest BCUT2D eigenvalue weighted by molar-refractivity contribution is 5.91. The Morgan fingerprint density at radius 1 is 0.896 bits per heavy atom. The van der Waals surface area contributed by atoms with E-state index in [1.54, 1.807) is 12.5 Å². The molecule has 2 aliphatic carbocycles. The van der Waals surface area contributed by atoms with Gasteiger partial charge in [0.25, 0.3) is 0 Å². The van der Waals surface area contributed by atoms with Crippen LogP contribution in [0.15, 0.2) is 42.5 Å². The predicted molar refractivity (Wildman–Crippen MR) is 220 cm³/mol. The van der Waals surface area contributed by atoms with Crippen molar-refractivity contribution in [3.05, 3.63) is 70.3 Å². The predicted octanol–water partition coefficient (Wildman–Crippen LogP) is 13.1. The molecule has 0 spiro atoms. The maximum atomic E-state index is 9.44. The molecule has 0 saturated heterocycles. The summed E-state index contributed by atoms with van der Waals surface area (Å²) in [7, 11) is 0. The van der Waals surface area contributed by atoms with Gasteiger partial charge in [-0.05, 0) is 120 Å². The first-order valence-electron chi connectivity index (χ1n) is 19.4. The van der Waals surface area contributed by atoms with E-state index in [9.17, 15) is 4.79 Å². The fourth-order valence-electron chi connectivity index (χ4n) is 5.58. The van der Waals surface area contributed by atoms with E-state index in [0.717, 1.165) is 43.4 Å². The van der Waals surface area contributed by atoms with Crippen LogP contribution >= 0.6 is 0 Å². The van der Waals surface area contributed by atoms with E-state index in [1.807, 2.05) is 62.3 Å². The van der Waals surface area contributed by atoms with Gasteiger partial charge in [0.05, 0.1) is 0 Å². The van der Waals surface area contributed by atoms with Gasteiger partial charge in [-0.1, -0.05) is 137 Å². The lowest BCUT2D eigenvalue weighted by molar-refractivity contribution is -0.115. The molecule has 0 aliphatic heterocycles. The molecule has 4 heteroatoms. The molecule has 0 bridgehead atoms. The van der Waals surface area contributed by atoms with Crippen LogP contribution in [0.3, 0.4) is 0 Å². The summed E-state index contributed by atoms with van der Waals surface area (Å²) in [4.78, 5) is 9.44. The average molecular weight is 668 g/mol. The van der Waals surface area contributed by atoms with Gasteiger partial charge in [-0.2, -0.15) is 0 Å².